The highest BCUT2D eigenvalue weighted by molar-refractivity contribution is 7.05. The van der Waals surface area contributed by atoms with Crippen molar-refractivity contribution in [1.82, 2.24) is 0 Å². The second kappa shape index (κ2) is 13.5. The number of fused-ring (bicyclic) bond motifs is 14. The molecule has 0 amide bonds. The maximum atomic E-state index is 7.27. The van der Waals surface area contributed by atoms with Crippen LogP contribution in [0.1, 0.15) is 0 Å². The average molecular weight is 862 g/mol. The molecule has 5 nitrogen and oxygen atoms in total. The molecule has 0 saturated heterocycles. The van der Waals surface area contributed by atoms with Crippen LogP contribution in [-0.2, 0) is 0 Å². The lowest BCUT2D eigenvalue weighted by molar-refractivity contribution is 0.488. The van der Waals surface area contributed by atoms with Crippen molar-refractivity contribution in [2.75, 3.05) is 19.6 Å². The Kier molecular flexibility index (Phi) is 7.26. The van der Waals surface area contributed by atoms with Crippen LogP contribution in [0, 0.1) is 0 Å². The molecule has 6 heterocycles. The SMILES string of the molecule is c1ccc(N2c3ccccc3B3c4cc5c(cc4Oc4cccc2c43)B2c3ccccc3N3c4ccccc4B4c6ccccc6N(c6ccccc6)c6cc(c2c3c64)N5c2ccccc2)cc1. The van der Waals surface area contributed by atoms with Gasteiger partial charge in [0.2, 0.25) is 0 Å². The topological polar surface area (TPSA) is 22.2 Å². The van der Waals surface area contributed by atoms with Crippen LogP contribution in [0.2, 0.25) is 0 Å². The number of rotatable bonds is 3. The highest BCUT2D eigenvalue weighted by Crippen LogP contribution is 2.50. The lowest BCUT2D eigenvalue weighted by atomic mass is 9.28. The number of hydrogen-bond donors (Lipinski definition) is 0. The summed E-state index contributed by atoms with van der Waals surface area (Å²) in [6, 6.07) is 83.0. The van der Waals surface area contributed by atoms with Crippen LogP contribution in [0.3, 0.4) is 0 Å². The highest BCUT2D eigenvalue weighted by atomic mass is 16.5. The molecule has 68 heavy (non-hydrogen) atoms. The van der Waals surface area contributed by atoms with E-state index in [-0.39, 0.29) is 20.1 Å². The highest BCUT2D eigenvalue weighted by Gasteiger charge is 2.52. The standard InChI is InChI=1S/C60H37B3N4O/c1-4-19-38(20-5-1)64-47-29-14-11-26-42(47)63-46-35-52-45(36-56(46)68-55-34-18-33-51(64)57(55)63)62-44-28-13-17-32-50(44)67-49-31-16-12-27-43(49)61-41-25-10-15-30-48(41)65(39-21-6-2-7-22-39)53-37-54(59(62)60(67)58(53)61)66(52)40-23-8-3-9-24-40/h1-37H. The minimum Gasteiger partial charge on any atom is -0.458 e. The summed E-state index contributed by atoms with van der Waals surface area (Å²) in [4.78, 5) is 10.1. The Hall–Kier alpha value is -8.61. The Morgan fingerprint density at radius 2 is 0.647 bits per heavy atom. The van der Waals surface area contributed by atoms with Gasteiger partial charge in [0.1, 0.15) is 11.5 Å². The summed E-state index contributed by atoms with van der Waals surface area (Å²) in [5.41, 5.74) is 25.7. The summed E-state index contributed by atoms with van der Waals surface area (Å²) in [6.45, 7) is -0.0906. The smallest absolute Gasteiger partial charge is 0.256 e. The van der Waals surface area contributed by atoms with E-state index in [4.69, 9.17) is 4.74 Å². The van der Waals surface area contributed by atoms with Gasteiger partial charge in [0.25, 0.3) is 20.1 Å². The zero-order valence-corrected chi connectivity index (χ0v) is 36.8. The normalized spacial score (nSPS) is 14.4. The number of benzene rings is 10. The first kappa shape index (κ1) is 36.6. The third-order valence-corrected chi connectivity index (χ3v) is 15.4. The van der Waals surface area contributed by atoms with E-state index in [9.17, 15) is 0 Å². The predicted molar refractivity (Wildman–Crippen MR) is 286 cm³/mol. The molecule has 0 radical (unpaired) electrons. The van der Waals surface area contributed by atoms with Gasteiger partial charge in [0, 0.05) is 68.2 Å². The van der Waals surface area contributed by atoms with Crippen LogP contribution < -0.4 is 73.5 Å². The van der Waals surface area contributed by atoms with E-state index in [1.165, 1.54) is 94.7 Å². The van der Waals surface area contributed by atoms with Crippen molar-refractivity contribution >= 4 is 138 Å². The number of hydrogen-bond acceptors (Lipinski definition) is 5. The van der Waals surface area contributed by atoms with Gasteiger partial charge < -0.3 is 24.3 Å². The predicted octanol–water partition coefficient (Wildman–Crippen LogP) is 8.79. The van der Waals surface area contributed by atoms with E-state index in [0.717, 1.165) is 34.2 Å². The molecule has 6 aliphatic rings. The maximum Gasteiger partial charge on any atom is 0.256 e. The van der Waals surface area contributed by atoms with Gasteiger partial charge in [0.15, 0.2) is 0 Å². The van der Waals surface area contributed by atoms with Crippen LogP contribution in [0.15, 0.2) is 224 Å². The molecule has 312 valence electrons. The Morgan fingerprint density at radius 3 is 1.16 bits per heavy atom. The maximum absolute atomic E-state index is 7.27. The van der Waals surface area contributed by atoms with Crippen molar-refractivity contribution in [3.8, 4) is 11.5 Å². The molecule has 0 aromatic heterocycles. The molecule has 0 fully saturated rings. The fourth-order valence-corrected chi connectivity index (χ4v) is 12.9. The number of anilines is 12. The minimum absolute atomic E-state index is 0.0331. The third kappa shape index (κ3) is 4.68. The molecule has 0 aliphatic carbocycles. The van der Waals surface area contributed by atoms with Gasteiger partial charge in [-0.05, 0) is 140 Å². The number of nitrogens with zero attached hydrogens (tertiary/aromatic N) is 4. The zero-order chi connectivity index (χ0) is 44.2. The van der Waals surface area contributed by atoms with Crippen LogP contribution >= 0.6 is 0 Å². The summed E-state index contributed by atoms with van der Waals surface area (Å²) in [7, 11) is 0. The summed E-state index contributed by atoms with van der Waals surface area (Å²) >= 11 is 0. The lowest BCUT2D eigenvalue weighted by Gasteiger charge is -2.51. The Morgan fingerprint density at radius 1 is 0.250 bits per heavy atom. The van der Waals surface area contributed by atoms with Gasteiger partial charge >= 0.3 is 0 Å². The van der Waals surface area contributed by atoms with Crippen LogP contribution in [-0.4, -0.2) is 20.1 Å². The molecule has 0 bridgehead atoms. The van der Waals surface area contributed by atoms with Crippen molar-refractivity contribution in [2.45, 2.75) is 0 Å². The van der Waals surface area contributed by atoms with Crippen molar-refractivity contribution in [2.24, 2.45) is 0 Å². The van der Waals surface area contributed by atoms with E-state index in [0.29, 0.717) is 0 Å². The van der Waals surface area contributed by atoms with Crippen molar-refractivity contribution in [3.63, 3.8) is 0 Å². The molecule has 0 atom stereocenters. The second-order valence-corrected chi connectivity index (χ2v) is 18.7. The fourth-order valence-electron chi connectivity index (χ4n) is 12.9. The first-order valence-corrected chi connectivity index (χ1v) is 23.7. The van der Waals surface area contributed by atoms with E-state index < -0.39 is 0 Å². The molecule has 0 N–H and O–H groups in total. The average Bonchev–Trinajstić information content (AvgIpc) is 3.40. The van der Waals surface area contributed by atoms with E-state index in [1.54, 1.807) is 0 Å². The first-order valence-electron chi connectivity index (χ1n) is 23.7. The van der Waals surface area contributed by atoms with E-state index in [1.807, 2.05) is 0 Å². The van der Waals surface area contributed by atoms with Gasteiger partial charge in [-0.1, -0.05) is 133 Å². The summed E-state index contributed by atoms with van der Waals surface area (Å²) in [6.07, 6.45) is 0. The molecule has 16 rings (SSSR count). The first-order chi connectivity index (χ1) is 33.8. The van der Waals surface area contributed by atoms with Crippen molar-refractivity contribution < 1.29 is 4.74 Å². The molecule has 0 spiro atoms. The van der Waals surface area contributed by atoms with E-state index in [2.05, 4.69) is 244 Å². The third-order valence-electron chi connectivity index (χ3n) is 15.4. The van der Waals surface area contributed by atoms with E-state index >= 15 is 0 Å². The molecule has 6 aliphatic heterocycles. The second-order valence-electron chi connectivity index (χ2n) is 18.7. The Balaban J connectivity index is 1.02. The largest absolute Gasteiger partial charge is 0.458 e. The molecule has 10 aromatic rings. The molecule has 8 heteroatoms. The van der Waals surface area contributed by atoms with Gasteiger partial charge in [-0.3, -0.25) is 0 Å². The zero-order valence-electron chi connectivity index (χ0n) is 36.8. The Labute approximate surface area is 396 Å². The van der Waals surface area contributed by atoms with Crippen LogP contribution in [0.25, 0.3) is 0 Å². The molecule has 0 unspecified atom stereocenters. The summed E-state index contributed by atoms with van der Waals surface area (Å²) in [5, 5.41) is 0. The van der Waals surface area contributed by atoms with Crippen LogP contribution in [0.5, 0.6) is 11.5 Å². The van der Waals surface area contributed by atoms with Crippen LogP contribution in [0.4, 0.5) is 68.2 Å². The van der Waals surface area contributed by atoms with Gasteiger partial charge in [0.05, 0.1) is 0 Å². The van der Waals surface area contributed by atoms with Gasteiger partial charge in [-0.15, -0.1) is 0 Å². The lowest BCUT2D eigenvalue weighted by Crippen LogP contribution is -2.69. The molecule has 10 aromatic carbocycles. The Bertz CT molecular complexity index is 3780. The summed E-state index contributed by atoms with van der Waals surface area (Å²) < 4.78 is 7.27. The quantitative estimate of drug-likeness (QED) is 0.165. The minimum atomic E-state index is -0.0742. The van der Waals surface area contributed by atoms with Crippen molar-refractivity contribution in [3.05, 3.63) is 224 Å². The summed E-state index contributed by atoms with van der Waals surface area (Å²) in [5.74, 6) is 1.82. The van der Waals surface area contributed by atoms with Gasteiger partial charge in [-0.2, -0.15) is 0 Å². The number of para-hydroxylation sites is 7. The number of ether oxygens (including phenoxy) is 1. The molecular weight excluding hydrogens is 825 g/mol. The monoisotopic (exact) mass is 862 g/mol. The molecule has 0 saturated carbocycles. The fraction of sp³-hybridized carbons (Fsp3) is 0. The van der Waals surface area contributed by atoms with Gasteiger partial charge in [-0.25, -0.2) is 0 Å². The van der Waals surface area contributed by atoms with Crippen molar-refractivity contribution in [1.29, 1.82) is 0 Å². The molecular formula is C60H37B3N4O.